The molecule has 0 saturated heterocycles. The molecule has 0 aliphatic rings. The van der Waals surface area contributed by atoms with Crippen LogP contribution >= 0.6 is 11.6 Å². The molecule has 4 rings (SSSR count). The van der Waals surface area contributed by atoms with Gasteiger partial charge in [-0.2, -0.15) is 0 Å². The molecule has 0 fully saturated rings. The Morgan fingerprint density at radius 2 is 1.85 bits per heavy atom. The third kappa shape index (κ3) is 3.94. The zero-order valence-electron chi connectivity index (χ0n) is 14.4. The standard InChI is InChI=1S/C20H15ClN4O.ClH/c1-26-18-9-8-14(21)11-17(18)24-20-15-6-2-3-7-16(15)23-19(25-20)13-5-4-10-22-12-13;/h2-12H,1H3,(H,23,24,25);1H/p-1. The highest BCUT2D eigenvalue weighted by atomic mass is 35.5. The Labute approximate surface area is 167 Å². The number of fused-ring (bicyclic) bond motifs is 1. The van der Waals surface area contributed by atoms with E-state index in [2.05, 4.69) is 15.3 Å². The maximum atomic E-state index is 6.15. The van der Waals surface area contributed by atoms with Crippen LogP contribution in [0.4, 0.5) is 11.5 Å². The van der Waals surface area contributed by atoms with Crippen LogP contribution in [0.2, 0.25) is 5.02 Å². The normalized spacial score (nSPS) is 10.3. The van der Waals surface area contributed by atoms with Crippen LogP contribution in [0.5, 0.6) is 5.75 Å². The summed E-state index contributed by atoms with van der Waals surface area (Å²) in [5.74, 6) is 1.95. The summed E-state index contributed by atoms with van der Waals surface area (Å²) in [6.07, 6.45) is 3.47. The monoisotopic (exact) mass is 397 g/mol. The molecule has 0 saturated carbocycles. The summed E-state index contributed by atoms with van der Waals surface area (Å²) in [5, 5.41) is 4.85. The van der Waals surface area contributed by atoms with E-state index in [4.69, 9.17) is 21.3 Å². The number of ether oxygens (including phenoxy) is 1. The number of halogens is 2. The fourth-order valence-electron chi connectivity index (χ4n) is 2.70. The van der Waals surface area contributed by atoms with Crippen LogP contribution in [0.15, 0.2) is 67.0 Å². The topological polar surface area (TPSA) is 59.9 Å². The molecular formula is C20H15Cl2N4O-. The van der Waals surface area contributed by atoms with Gasteiger partial charge in [0.2, 0.25) is 0 Å². The van der Waals surface area contributed by atoms with Gasteiger partial charge in [0.1, 0.15) is 11.6 Å². The van der Waals surface area contributed by atoms with Crippen molar-refractivity contribution in [2.45, 2.75) is 0 Å². The van der Waals surface area contributed by atoms with Gasteiger partial charge < -0.3 is 22.5 Å². The second-order valence-electron chi connectivity index (χ2n) is 5.62. The van der Waals surface area contributed by atoms with Gasteiger partial charge in [-0.25, -0.2) is 9.97 Å². The fourth-order valence-corrected chi connectivity index (χ4v) is 2.87. The molecule has 7 heteroatoms. The number of benzene rings is 2. The number of methoxy groups -OCH3 is 1. The zero-order chi connectivity index (χ0) is 17.9. The highest BCUT2D eigenvalue weighted by Gasteiger charge is 2.12. The van der Waals surface area contributed by atoms with Crippen molar-refractivity contribution in [3.05, 3.63) is 72.0 Å². The minimum absolute atomic E-state index is 0. The average Bonchev–Trinajstić information content (AvgIpc) is 2.69. The average molecular weight is 398 g/mol. The van der Waals surface area contributed by atoms with Gasteiger partial charge >= 0.3 is 0 Å². The van der Waals surface area contributed by atoms with E-state index in [1.165, 1.54) is 0 Å². The number of nitrogens with zero attached hydrogens (tertiary/aromatic N) is 3. The molecule has 136 valence electrons. The maximum Gasteiger partial charge on any atom is 0.163 e. The van der Waals surface area contributed by atoms with Gasteiger partial charge in [-0.1, -0.05) is 23.7 Å². The number of para-hydroxylation sites is 1. The van der Waals surface area contributed by atoms with E-state index in [-0.39, 0.29) is 12.4 Å². The molecule has 2 aromatic carbocycles. The van der Waals surface area contributed by atoms with Crippen molar-refractivity contribution >= 4 is 34.0 Å². The Bertz CT molecular complexity index is 1070. The SMILES string of the molecule is COc1ccc(Cl)cc1Nc1nc(-c2cccnc2)nc2ccccc12.[Cl-]. The number of anilines is 2. The van der Waals surface area contributed by atoms with Crippen molar-refractivity contribution in [2.75, 3.05) is 12.4 Å². The van der Waals surface area contributed by atoms with Crippen LogP contribution in [0.1, 0.15) is 0 Å². The number of aromatic nitrogens is 3. The van der Waals surface area contributed by atoms with E-state index in [0.29, 0.717) is 22.4 Å². The lowest BCUT2D eigenvalue weighted by atomic mass is 10.2. The largest absolute Gasteiger partial charge is 1.00 e. The summed E-state index contributed by atoms with van der Waals surface area (Å²) >= 11 is 6.15. The summed E-state index contributed by atoms with van der Waals surface area (Å²) in [7, 11) is 1.62. The summed E-state index contributed by atoms with van der Waals surface area (Å²) < 4.78 is 5.42. The third-order valence-electron chi connectivity index (χ3n) is 3.94. The number of hydrogen-bond donors (Lipinski definition) is 1. The summed E-state index contributed by atoms with van der Waals surface area (Å²) in [4.78, 5) is 13.5. The summed E-state index contributed by atoms with van der Waals surface area (Å²) in [5.41, 5.74) is 2.42. The molecule has 0 spiro atoms. The smallest absolute Gasteiger partial charge is 0.163 e. The van der Waals surface area contributed by atoms with Crippen LogP contribution in [-0.2, 0) is 0 Å². The number of hydrogen-bond acceptors (Lipinski definition) is 5. The van der Waals surface area contributed by atoms with Crippen LogP contribution in [-0.4, -0.2) is 22.1 Å². The van der Waals surface area contributed by atoms with E-state index in [9.17, 15) is 0 Å². The van der Waals surface area contributed by atoms with Crippen molar-refractivity contribution < 1.29 is 17.1 Å². The van der Waals surface area contributed by atoms with Crippen molar-refractivity contribution in [3.63, 3.8) is 0 Å². The minimum atomic E-state index is 0. The van der Waals surface area contributed by atoms with Crippen molar-refractivity contribution in [2.24, 2.45) is 0 Å². The molecule has 2 heterocycles. The van der Waals surface area contributed by atoms with Gasteiger partial charge in [-0.05, 0) is 42.5 Å². The van der Waals surface area contributed by atoms with Gasteiger partial charge in [-0.3, -0.25) is 4.98 Å². The predicted octanol–water partition coefficient (Wildman–Crippen LogP) is 2.10. The summed E-state index contributed by atoms with van der Waals surface area (Å²) in [6.45, 7) is 0. The first-order valence-electron chi connectivity index (χ1n) is 8.02. The number of pyridine rings is 1. The highest BCUT2D eigenvalue weighted by Crippen LogP contribution is 2.33. The van der Waals surface area contributed by atoms with Crippen LogP contribution < -0.4 is 22.5 Å². The molecule has 4 aromatic rings. The van der Waals surface area contributed by atoms with Crippen LogP contribution in [0.25, 0.3) is 22.3 Å². The molecule has 27 heavy (non-hydrogen) atoms. The van der Waals surface area contributed by atoms with Crippen molar-refractivity contribution in [1.29, 1.82) is 0 Å². The lowest BCUT2D eigenvalue weighted by Gasteiger charge is -2.14. The Balaban J connectivity index is 0.00000210. The molecule has 0 atom stereocenters. The van der Waals surface area contributed by atoms with E-state index >= 15 is 0 Å². The lowest BCUT2D eigenvalue weighted by molar-refractivity contribution is -0.00000547. The second-order valence-corrected chi connectivity index (χ2v) is 6.06. The maximum absolute atomic E-state index is 6.15. The molecule has 0 bridgehead atoms. The molecule has 0 radical (unpaired) electrons. The first kappa shape index (κ1) is 18.9. The van der Waals surface area contributed by atoms with E-state index in [1.54, 1.807) is 31.6 Å². The minimum Gasteiger partial charge on any atom is -1.00 e. The molecule has 0 unspecified atom stereocenters. The van der Waals surface area contributed by atoms with Gasteiger partial charge in [0, 0.05) is 28.4 Å². The zero-order valence-corrected chi connectivity index (χ0v) is 15.9. The first-order valence-corrected chi connectivity index (χ1v) is 8.40. The van der Waals surface area contributed by atoms with Gasteiger partial charge in [0.25, 0.3) is 0 Å². The Hall–Kier alpha value is -2.89. The molecule has 1 N–H and O–H groups in total. The van der Waals surface area contributed by atoms with Crippen molar-refractivity contribution in [3.8, 4) is 17.1 Å². The van der Waals surface area contributed by atoms with Gasteiger partial charge in [-0.15, -0.1) is 0 Å². The molecule has 0 amide bonds. The van der Waals surface area contributed by atoms with E-state index in [1.807, 2.05) is 42.5 Å². The quantitative estimate of drug-likeness (QED) is 0.571. The third-order valence-corrected chi connectivity index (χ3v) is 4.17. The molecular weight excluding hydrogens is 383 g/mol. The highest BCUT2D eigenvalue weighted by molar-refractivity contribution is 6.31. The molecule has 0 aliphatic heterocycles. The summed E-state index contributed by atoms with van der Waals surface area (Å²) in [6, 6.07) is 17.0. The van der Waals surface area contributed by atoms with E-state index in [0.717, 1.165) is 22.2 Å². The molecule has 0 aliphatic carbocycles. The Morgan fingerprint density at radius 3 is 2.63 bits per heavy atom. The van der Waals surface area contributed by atoms with Gasteiger partial charge in [0.15, 0.2) is 5.82 Å². The van der Waals surface area contributed by atoms with Crippen LogP contribution in [0, 0.1) is 0 Å². The lowest BCUT2D eigenvalue weighted by Crippen LogP contribution is -3.00. The fraction of sp³-hybridized carbons (Fsp3) is 0.0500. The van der Waals surface area contributed by atoms with Gasteiger partial charge in [0.05, 0.1) is 18.3 Å². The number of rotatable bonds is 4. The Morgan fingerprint density at radius 1 is 1.00 bits per heavy atom. The predicted molar refractivity (Wildman–Crippen MR) is 104 cm³/mol. The van der Waals surface area contributed by atoms with Crippen molar-refractivity contribution in [1.82, 2.24) is 15.0 Å². The Kier molecular flexibility index (Phi) is 5.74. The van der Waals surface area contributed by atoms with E-state index < -0.39 is 0 Å². The van der Waals surface area contributed by atoms with Crippen LogP contribution in [0.3, 0.4) is 0 Å². The molecule has 5 nitrogen and oxygen atoms in total. The second kappa shape index (κ2) is 8.20. The number of nitrogens with one attached hydrogen (secondary N) is 1. The molecule has 2 aromatic heterocycles. The first-order chi connectivity index (χ1) is 12.7.